The zero-order valence-electron chi connectivity index (χ0n) is 12.9. The van der Waals surface area contributed by atoms with Gasteiger partial charge in [0.25, 0.3) is 0 Å². The summed E-state index contributed by atoms with van der Waals surface area (Å²) in [6.07, 6.45) is 1.03. The van der Waals surface area contributed by atoms with Gasteiger partial charge in [-0.2, -0.15) is 0 Å². The zero-order chi connectivity index (χ0) is 15.1. The van der Waals surface area contributed by atoms with Crippen LogP contribution in [0.25, 0.3) is 0 Å². The molecule has 114 valence electrons. The van der Waals surface area contributed by atoms with E-state index in [1.54, 1.807) is 0 Å². The van der Waals surface area contributed by atoms with Crippen LogP contribution in [0.1, 0.15) is 22.7 Å². The zero-order valence-corrected chi connectivity index (χ0v) is 12.9. The van der Waals surface area contributed by atoms with Gasteiger partial charge in [0.1, 0.15) is 0 Å². The molecular formula is C18H20N2O2. The molecule has 1 atom stereocenters. The minimum absolute atomic E-state index is 0.217. The maximum absolute atomic E-state index is 5.54. The van der Waals surface area contributed by atoms with Gasteiger partial charge in [0.15, 0.2) is 11.5 Å². The van der Waals surface area contributed by atoms with Crippen molar-refractivity contribution in [3.8, 4) is 11.5 Å². The molecule has 0 saturated heterocycles. The first-order chi connectivity index (χ1) is 10.7. The van der Waals surface area contributed by atoms with Crippen molar-refractivity contribution in [3.05, 3.63) is 53.1 Å². The van der Waals surface area contributed by atoms with Crippen LogP contribution in [-0.2, 0) is 6.42 Å². The molecule has 2 aromatic carbocycles. The van der Waals surface area contributed by atoms with Crippen LogP contribution in [0.4, 0.5) is 5.69 Å². The van der Waals surface area contributed by atoms with Crippen LogP contribution in [0.5, 0.6) is 11.5 Å². The van der Waals surface area contributed by atoms with Crippen molar-refractivity contribution in [1.82, 2.24) is 5.32 Å². The molecule has 4 nitrogen and oxygen atoms in total. The van der Waals surface area contributed by atoms with Crippen LogP contribution < -0.4 is 19.7 Å². The molecule has 1 unspecified atom stereocenters. The van der Waals surface area contributed by atoms with Crippen molar-refractivity contribution in [3.63, 3.8) is 0 Å². The third kappa shape index (κ3) is 2.20. The smallest absolute Gasteiger partial charge is 0.231 e. The van der Waals surface area contributed by atoms with Gasteiger partial charge in [0.05, 0.1) is 6.04 Å². The summed E-state index contributed by atoms with van der Waals surface area (Å²) in [4.78, 5) is 2.12. The SMILES string of the molecule is CN(C)c1ccc(C2NCCc3cc4c(cc32)OCO4)cc1. The van der Waals surface area contributed by atoms with E-state index in [1.165, 1.54) is 22.4 Å². The number of anilines is 1. The van der Waals surface area contributed by atoms with Gasteiger partial charge in [-0.3, -0.25) is 0 Å². The van der Waals surface area contributed by atoms with E-state index in [1.807, 2.05) is 0 Å². The van der Waals surface area contributed by atoms with Gasteiger partial charge in [0.2, 0.25) is 6.79 Å². The Morgan fingerprint density at radius 3 is 2.50 bits per heavy atom. The first-order valence-electron chi connectivity index (χ1n) is 7.65. The Hall–Kier alpha value is -2.20. The Balaban J connectivity index is 1.72. The Bertz CT molecular complexity index is 695. The molecule has 2 aliphatic rings. The highest BCUT2D eigenvalue weighted by atomic mass is 16.7. The maximum atomic E-state index is 5.54. The maximum Gasteiger partial charge on any atom is 0.231 e. The molecule has 0 aliphatic carbocycles. The third-order valence-corrected chi connectivity index (χ3v) is 4.43. The van der Waals surface area contributed by atoms with Crippen molar-refractivity contribution in [1.29, 1.82) is 0 Å². The molecular weight excluding hydrogens is 276 g/mol. The van der Waals surface area contributed by atoms with Crippen LogP contribution in [0.3, 0.4) is 0 Å². The lowest BCUT2D eigenvalue weighted by Crippen LogP contribution is -2.30. The summed E-state index contributed by atoms with van der Waals surface area (Å²) >= 11 is 0. The third-order valence-electron chi connectivity index (χ3n) is 4.43. The molecule has 0 spiro atoms. The fourth-order valence-corrected chi connectivity index (χ4v) is 3.21. The number of benzene rings is 2. The summed E-state index contributed by atoms with van der Waals surface area (Å²) in [6, 6.07) is 13.2. The Morgan fingerprint density at radius 2 is 1.77 bits per heavy atom. The van der Waals surface area contributed by atoms with E-state index < -0.39 is 0 Å². The summed E-state index contributed by atoms with van der Waals surface area (Å²) in [7, 11) is 4.12. The molecule has 1 N–H and O–H groups in total. The second kappa shape index (κ2) is 5.21. The van der Waals surface area contributed by atoms with Crippen molar-refractivity contribution in [2.45, 2.75) is 12.5 Å². The van der Waals surface area contributed by atoms with Crippen molar-refractivity contribution in [2.24, 2.45) is 0 Å². The minimum atomic E-state index is 0.217. The van der Waals surface area contributed by atoms with E-state index in [0.29, 0.717) is 6.79 Å². The second-order valence-electron chi connectivity index (χ2n) is 6.03. The summed E-state index contributed by atoms with van der Waals surface area (Å²) < 4.78 is 11.0. The van der Waals surface area contributed by atoms with Crippen molar-refractivity contribution >= 4 is 5.69 Å². The summed E-state index contributed by atoms with van der Waals surface area (Å²) in [5.74, 6) is 1.74. The van der Waals surface area contributed by atoms with E-state index in [-0.39, 0.29) is 6.04 Å². The molecule has 2 heterocycles. The predicted octanol–water partition coefficient (Wildman–Crippen LogP) is 2.72. The van der Waals surface area contributed by atoms with Crippen molar-refractivity contribution < 1.29 is 9.47 Å². The number of nitrogens with one attached hydrogen (secondary N) is 1. The standard InChI is InChI=1S/C18H20N2O2/c1-20(2)14-5-3-12(4-6-14)18-15-10-17-16(21-11-22-17)9-13(15)7-8-19-18/h3-6,9-10,18-19H,7-8,11H2,1-2H3. The molecule has 0 radical (unpaired) electrons. The highest BCUT2D eigenvalue weighted by Gasteiger charge is 2.25. The van der Waals surface area contributed by atoms with Crippen LogP contribution in [0, 0.1) is 0 Å². The molecule has 4 heteroatoms. The predicted molar refractivity (Wildman–Crippen MR) is 86.9 cm³/mol. The van der Waals surface area contributed by atoms with Gasteiger partial charge in [-0.25, -0.2) is 0 Å². The summed E-state index contributed by atoms with van der Waals surface area (Å²) in [6.45, 7) is 1.31. The first-order valence-corrected chi connectivity index (χ1v) is 7.65. The lowest BCUT2D eigenvalue weighted by molar-refractivity contribution is 0.174. The molecule has 2 aliphatic heterocycles. The van der Waals surface area contributed by atoms with Crippen LogP contribution in [0.15, 0.2) is 36.4 Å². The monoisotopic (exact) mass is 296 g/mol. The molecule has 0 fully saturated rings. The molecule has 0 amide bonds. The highest BCUT2D eigenvalue weighted by molar-refractivity contribution is 5.54. The Kier molecular flexibility index (Phi) is 3.19. The topological polar surface area (TPSA) is 33.7 Å². The average molecular weight is 296 g/mol. The van der Waals surface area contributed by atoms with E-state index in [0.717, 1.165) is 24.5 Å². The number of nitrogens with zero attached hydrogens (tertiary/aromatic N) is 1. The fourth-order valence-electron chi connectivity index (χ4n) is 3.21. The Labute approximate surface area is 130 Å². The van der Waals surface area contributed by atoms with E-state index >= 15 is 0 Å². The first kappa shape index (κ1) is 13.5. The lowest BCUT2D eigenvalue weighted by atomic mass is 9.89. The summed E-state index contributed by atoms with van der Waals surface area (Å²) in [5.41, 5.74) is 5.15. The molecule has 0 saturated carbocycles. The minimum Gasteiger partial charge on any atom is -0.454 e. The van der Waals surface area contributed by atoms with Crippen LogP contribution in [0.2, 0.25) is 0 Å². The van der Waals surface area contributed by atoms with Gasteiger partial charge >= 0.3 is 0 Å². The quantitative estimate of drug-likeness (QED) is 0.924. The normalized spacial score (nSPS) is 18.9. The van der Waals surface area contributed by atoms with Gasteiger partial charge in [-0.05, 0) is 47.4 Å². The summed E-state index contributed by atoms with van der Waals surface area (Å²) in [5, 5.41) is 3.62. The number of fused-ring (bicyclic) bond motifs is 2. The number of ether oxygens (including phenoxy) is 2. The average Bonchev–Trinajstić information content (AvgIpc) is 2.99. The van der Waals surface area contributed by atoms with Gasteiger partial charge in [-0.1, -0.05) is 12.1 Å². The fraction of sp³-hybridized carbons (Fsp3) is 0.333. The van der Waals surface area contributed by atoms with Crippen molar-refractivity contribution in [2.75, 3.05) is 32.3 Å². The molecule has 22 heavy (non-hydrogen) atoms. The van der Waals surface area contributed by atoms with Crippen LogP contribution >= 0.6 is 0 Å². The molecule has 0 bridgehead atoms. The number of rotatable bonds is 2. The largest absolute Gasteiger partial charge is 0.454 e. The van der Waals surface area contributed by atoms with Gasteiger partial charge < -0.3 is 19.7 Å². The van der Waals surface area contributed by atoms with Gasteiger partial charge in [-0.15, -0.1) is 0 Å². The molecule has 2 aromatic rings. The van der Waals surface area contributed by atoms with Gasteiger partial charge in [0, 0.05) is 26.3 Å². The van der Waals surface area contributed by atoms with E-state index in [9.17, 15) is 0 Å². The highest BCUT2D eigenvalue weighted by Crippen LogP contribution is 2.39. The van der Waals surface area contributed by atoms with E-state index in [2.05, 4.69) is 60.7 Å². The molecule has 0 aromatic heterocycles. The second-order valence-corrected chi connectivity index (χ2v) is 6.03. The Morgan fingerprint density at radius 1 is 1.05 bits per heavy atom. The van der Waals surface area contributed by atoms with Crippen LogP contribution in [-0.4, -0.2) is 27.4 Å². The number of hydrogen-bond donors (Lipinski definition) is 1. The lowest BCUT2D eigenvalue weighted by Gasteiger charge is -2.28. The van der Waals surface area contributed by atoms with E-state index in [4.69, 9.17) is 9.47 Å². The number of hydrogen-bond acceptors (Lipinski definition) is 4. The molecule has 4 rings (SSSR count).